The van der Waals surface area contributed by atoms with Crippen molar-refractivity contribution in [3.63, 3.8) is 0 Å². The zero-order chi connectivity index (χ0) is 19.5. The molecule has 0 spiro atoms. The van der Waals surface area contributed by atoms with Crippen LogP contribution in [-0.2, 0) is 4.79 Å². The van der Waals surface area contributed by atoms with Crippen molar-refractivity contribution in [1.29, 1.82) is 0 Å². The number of halogens is 1. The summed E-state index contributed by atoms with van der Waals surface area (Å²) in [7, 11) is 0. The number of H-pyrrole nitrogens is 1. The molecule has 1 aliphatic heterocycles. The summed E-state index contributed by atoms with van der Waals surface area (Å²) in [5.41, 5.74) is 1.42. The Morgan fingerprint density at radius 3 is 2.82 bits per heavy atom. The molecule has 0 aliphatic carbocycles. The van der Waals surface area contributed by atoms with E-state index in [4.69, 9.17) is 16.0 Å². The maximum atomic E-state index is 12.9. The zero-order valence-electron chi connectivity index (χ0n) is 14.5. The van der Waals surface area contributed by atoms with Gasteiger partial charge in [0.15, 0.2) is 5.16 Å². The molecule has 4 rings (SSSR count). The number of hydrazone groups is 1. The molecule has 142 valence electrons. The Morgan fingerprint density at radius 1 is 1.29 bits per heavy atom. The van der Waals surface area contributed by atoms with Crippen molar-refractivity contribution in [3.8, 4) is 0 Å². The van der Waals surface area contributed by atoms with Crippen LogP contribution in [0.1, 0.15) is 23.8 Å². The van der Waals surface area contributed by atoms with Gasteiger partial charge < -0.3 is 9.40 Å². The van der Waals surface area contributed by atoms with Gasteiger partial charge in [0.05, 0.1) is 17.7 Å². The Balaban J connectivity index is 1.56. The molecule has 9 heteroatoms. The van der Waals surface area contributed by atoms with Crippen molar-refractivity contribution >= 4 is 35.0 Å². The Bertz CT molecular complexity index is 1060. The van der Waals surface area contributed by atoms with Crippen LogP contribution in [0, 0.1) is 0 Å². The Morgan fingerprint density at radius 2 is 2.11 bits per heavy atom. The summed E-state index contributed by atoms with van der Waals surface area (Å²) >= 11 is 7.12. The van der Waals surface area contributed by atoms with Crippen LogP contribution in [0.25, 0.3) is 0 Å². The standard InChI is InChI=1S/C19H15ClN4O3S/c20-13-5-3-12(4-6-13)14-10-15(16-2-1-9-27-16)24(23-14)18(26)11-28-19-21-8-7-17(25)22-19/h1-9,15H,10-11H2,(H,21,22,25)/t15-/m0/s1. The molecule has 0 fully saturated rings. The average Bonchev–Trinajstić information content (AvgIpc) is 3.36. The van der Waals surface area contributed by atoms with E-state index in [9.17, 15) is 9.59 Å². The van der Waals surface area contributed by atoms with E-state index >= 15 is 0 Å². The van der Waals surface area contributed by atoms with Crippen LogP contribution < -0.4 is 5.56 Å². The molecule has 1 aromatic carbocycles. The maximum Gasteiger partial charge on any atom is 0.253 e. The molecular formula is C19H15ClN4O3S. The molecule has 0 unspecified atom stereocenters. The minimum absolute atomic E-state index is 0.0849. The summed E-state index contributed by atoms with van der Waals surface area (Å²) in [6, 6.07) is 11.9. The third-order valence-corrected chi connectivity index (χ3v) is 5.32. The van der Waals surface area contributed by atoms with Gasteiger partial charge in [-0.05, 0) is 29.8 Å². The lowest BCUT2D eigenvalue weighted by Crippen LogP contribution is -2.28. The summed E-state index contributed by atoms with van der Waals surface area (Å²) in [6.45, 7) is 0. The number of rotatable bonds is 5. The molecule has 1 atom stereocenters. The van der Waals surface area contributed by atoms with Crippen molar-refractivity contribution in [2.45, 2.75) is 17.6 Å². The first-order chi connectivity index (χ1) is 13.6. The van der Waals surface area contributed by atoms with E-state index in [0.29, 0.717) is 22.4 Å². The second-order valence-electron chi connectivity index (χ2n) is 6.06. The van der Waals surface area contributed by atoms with Crippen molar-refractivity contribution < 1.29 is 9.21 Å². The van der Waals surface area contributed by atoms with Gasteiger partial charge in [-0.3, -0.25) is 9.59 Å². The van der Waals surface area contributed by atoms with E-state index in [2.05, 4.69) is 15.1 Å². The first kappa shape index (κ1) is 18.5. The van der Waals surface area contributed by atoms with Crippen LogP contribution in [0.15, 0.2) is 74.4 Å². The quantitative estimate of drug-likeness (QED) is 0.509. The molecular weight excluding hydrogens is 400 g/mol. The van der Waals surface area contributed by atoms with E-state index in [1.54, 1.807) is 24.5 Å². The highest BCUT2D eigenvalue weighted by molar-refractivity contribution is 7.99. The second-order valence-corrected chi connectivity index (χ2v) is 7.46. The van der Waals surface area contributed by atoms with Crippen LogP contribution in [0.5, 0.6) is 0 Å². The lowest BCUT2D eigenvalue weighted by molar-refractivity contribution is -0.130. The highest BCUT2D eigenvalue weighted by atomic mass is 35.5. The Labute approximate surface area is 169 Å². The lowest BCUT2D eigenvalue weighted by Gasteiger charge is -2.19. The minimum Gasteiger partial charge on any atom is -0.467 e. The lowest BCUT2D eigenvalue weighted by atomic mass is 10.0. The fraction of sp³-hybridized carbons (Fsp3) is 0.158. The van der Waals surface area contributed by atoms with Crippen LogP contribution in [0.2, 0.25) is 5.02 Å². The van der Waals surface area contributed by atoms with Crippen molar-refractivity contribution in [2.75, 3.05) is 5.75 Å². The van der Waals surface area contributed by atoms with Gasteiger partial charge in [0.25, 0.3) is 11.5 Å². The van der Waals surface area contributed by atoms with Crippen molar-refractivity contribution in [3.05, 3.63) is 81.6 Å². The number of aromatic amines is 1. The second kappa shape index (κ2) is 8.04. The van der Waals surface area contributed by atoms with E-state index in [-0.39, 0.29) is 23.3 Å². The van der Waals surface area contributed by atoms with Crippen LogP contribution >= 0.6 is 23.4 Å². The summed E-state index contributed by atoms with van der Waals surface area (Å²) < 4.78 is 5.52. The average molecular weight is 415 g/mol. The maximum absolute atomic E-state index is 12.9. The van der Waals surface area contributed by atoms with E-state index < -0.39 is 0 Å². The van der Waals surface area contributed by atoms with E-state index in [0.717, 1.165) is 23.0 Å². The molecule has 7 nitrogen and oxygen atoms in total. The Hall–Kier alpha value is -2.84. The minimum atomic E-state index is -0.323. The third kappa shape index (κ3) is 4.02. The summed E-state index contributed by atoms with van der Waals surface area (Å²) in [5.74, 6) is 0.542. The first-order valence-electron chi connectivity index (χ1n) is 8.47. The third-order valence-electron chi connectivity index (χ3n) is 4.20. The molecule has 3 heterocycles. The SMILES string of the molecule is O=C(CSc1nccc(=O)[nH]1)N1N=C(c2ccc(Cl)cc2)C[C@H]1c1ccco1. The van der Waals surface area contributed by atoms with Crippen molar-refractivity contribution in [1.82, 2.24) is 15.0 Å². The van der Waals surface area contributed by atoms with Crippen molar-refractivity contribution in [2.24, 2.45) is 5.10 Å². The van der Waals surface area contributed by atoms with Gasteiger partial charge in [-0.25, -0.2) is 9.99 Å². The normalized spacial score (nSPS) is 16.2. The number of hydrogen-bond acceptors (Lipinski definition) is 6. The van der Waals surface area contributed by atoms with Gasteiger partial charge in [-0.1, -0.05) is 35.5 Å². The van der Waals surface area contributed by atoms with Crippen LogP contribution in [0.3, 0.4) is 0 Å². The molecule has 3 aromatic rings. The predicted octanol–water partition coefficient (Wildman–Crippen LogP) is 3.49. The largest absolute Gasteiger partial charge is 0.467 e. The van der Waals surface area contributed by atoms with Gasteiger partial charge in [0, 0.05) is 23.7 Å². The van der Waals surface area contributed by atoms with Gasteiger partial charge in [0.2, 0.25) is 0 Å². The van der Waals surface area contributed by atoms with Gasteiger partial charge in [-0.15, -0.1) is 0 Å². The molecule has 1 amide bonds. The number of nitrogens with one attached hydrogen (secondary N) is 1. The molecule has 0 saturated carbocycles. The number of nitrogens with zero attached hydrogens (tertiary/aromatic N) is 3. The van der Waals surface area contributed by atoms with Gasteiger partial charge >= 0.3 is 0 Å². The number of amides is 1. The predicted molar refractivity (Wildman–Crippen MR) is 106 cm³/mol. The monoisotopic (exact) mass is 414 g/mol. The summed E-state index contributed by atoms with van der Waals surface area (Å²) in [4.78, 5) is 30.9. The van der Waals surface area contributed by atoms with E-state index in [1.165, 1.54) is 17.3 Å². The molecule has 28 heavy (non-hydrogen) atoms. The highest BCUT2D eigenvalue weighted by Crippen LogP contribution is 2.34. The summed E-state index contributed by atoms with van der Waals surface area (Å²) in [5, 5.41) is 7.01. The van der Waals surface area contributed by atoms with E-state index in [1.807, 2.05) is 18.2 Å². The smallest absolute Gasteiger partial charge is 0.253 e. The first-order valence-corrected chi connectivity index (χ1v) is 9.83. The van der Waals surface area contributed by atoms with Crippen LogP contribution in [-0.4, -0.2) is 32.3 Å². The summed E-state index contributed by atoms with van der Waals surface area (Å²) in [6.07, 6.45) is 3.52. The molecule has 1 N–H and O–H groups in total. The number of thioether (sulfide) groups is 1. The van der Waals surface area contributed by atoms with Crippen LogP contribution in [0.4, 0.5) is 0 Å². The number of furan rings is 1. The number of hydrogen-bond donors (Lipinski definition) is 1. The molecule has 2 aromatic heterocycles. The molecule has 0 saturated heterocycles. The Kier molecular flexibility index (Phi) is 5.31. The van der Waals surface area contributed by atoms with Gasteiger partial charge in [-0.2, -0.15) is 5.10 Å². The molecule has 0 bridgehead atoms. The molecule has 1 aliphatic rings. The topological polar surface area (TPSA) is 91.6 Å². The molecule has 0 radical (unpaired) electrons. The zero-order valence-corrected chi connectivity index (χ0v) is 16.1. The number of carbonyl (C=O) groups excluding carboxylic acids is 1. The number of benzene rings is 1. The highest BCUT2D eigenvalue weighted by Gasteiger charge is 2.34. The fourth-order valence-electron chi connectivity index (χ4n) is 2.88. The number of carbonyl (C=O) groups is 1. The van der Waals surface area contributed by atoms with Gasteiger partial charge in [0.1, 0.15) is 11.8 Å². The number of aromatic nitrogens is 2. The fourth-order valence-corrected chi connectivity index (χ4v) is 3.71.